The number of carbonyl (C=O) groups excluding carboxylic acids is 2. The molecule has 17 heteroatoms. The van der Waals surface area contributed by atoms with Gasteiger partial charge in [0.15, 0.2) is 28.4 Å². The molecule has 4 rings (SSSR count). The Bertz CT molecular complexity index is 1630. The number of halogens is 1. The molecule has 1 aromatic heterocycles. The quantitative estimate of drug-likeness (QED) is 0.0424. The molecule has 1 heterocycles. The number of hydrogen-bond donors (Lipinski definition) is 10. The molecule has 0 spiro atoms. The SMILES string of the molecule is CCCCCCN(CCCN[C@@H](Cc1ccc(CCCCN=C(N)NC(=O)c2nc(Cl)c(N)nc2N)c2c1CCCC2)C(N)=O)C[C@H](O)C1[C@@H](O)[C@H](O)[C@H]1CO. The lowest BCUT2D eigenvalue weighted by Gasteiger charge is -2.48. The molecule has 2 aromatic rings. The topological polar surface area (TPSA) is 285 Å². The van der Waals surface area contributed by atoms with Gasteiger partial charge in [0.05, 0.1) is 24.4 Å². The van der Waals surface area contributed by atoms with E-state index in [-0.39, 0.29) is 35.0 Å². The molecule has 1 aromatic carbocycles. The van der Waals surface area contributed by atoms with Gasteiger partial charge in [-0.3, -0.25) is 19.9 Å². The summed E-state index contributed by atoms with van der Waals surface area (Å²) in [6.07, 6.45) is 9.23. The van der Waals surface area contributed by atoms with Crippen LogP contribution in [0.3, 0.4) is 0 Å². The van der Waals surface area contributed by atoms with Crippen molar-refractivity contribution >= 4 is 41.0 Å². The molecule has 0 radical (unpaired) electrons. The van der Waals surface area contributed by atoms with E-state index in [2.05, 4.69) is 49.6 Å². The van der Waals surface area contributed by atoms with Crippen molar-refractivity contribution in [3.63, 3.8) is 0 Å². The predicted molar refractivity (Wildman–Crippen MR) is 218 cm³/mol. The average molecular weight is 803 g/mol. The minimum absolute atomic E-state index is 0.0647. The number of aliphatic imine (C=N–C) groups is 1. The highest BCUT2D eigenvalue weighted by Crippen LogP contribution is 2.37. The van der Waals surface area contributed by atoms with Crippen LogP contribution in [0, 0.1) is 11.8 Å². The fraction of sp³-hybridized carbons (Fsp3) is 0.667. The van der Waals surface area contributed by atoms with Gasteiger partial charge in [-0.05, 0) is 106 Å². The predicted octanol–water partition coefficient (Wildman–Crippen LogP) is 0.820. The zero-order chi connectivity index (χ0) is 40.8. The van der Waals surface area contributed by atoms with Crippen molar-refractivity contribution in [1.29, 1.82) is 0 Å². The number of nitrogens with zero attached hydrogens (tertiary/aromatic N) is 4. The van der Waals surface area contributed by atoms with E-state index in [4.69, 9.17) is 34.5 Å². The van der Waals surface area contributed by atoms with Crippen molar-refractivity contribution in [2.45, 2.75) is 115 Å². The lowest BCUT2D eigenvalue weighted by molar-refractivity contribution is -0.200. The molecule has 1 unspecified atom stereocenters. The number of anilines is 2. The summed E-state index contributed by atoms with van der Waals surface area (Å²) in [4.78, 5) is 39.3. The van der Waals surface area contributed by atoms with Gasteiger partial charge in [-0.25, -0.2) is 9.97 Å². The Morgan fingerprint density at radius 3 is 2.36 bits per heavy atom. The Labute approximate surface area is 334 Å². The molecule has 6 atom stereocenters. The maximum atomic E-state index is 12.7. The van der Waals surface area contributed by atoms with Crippen LogP contribution >= 0.6 is 11.6 Å². The number of amides is 2. The minimum atomic E-state index is -1.05. The molecule has 1 fully saturated rings. The second-order valence-corrected chi connectivity index (χ2v) is 15.5. The number of rotatable bonds is 23. The Morgan fingerprint density at radius 1 is 0.964 bits per heavy atom. The number of aromatic nitrogens is 2. The summed E-state index contributed by atoms with van der Waals surface area (Å²) in [6, 6.07) is 3.77. The molecule has 14 N–H and O–H groups in total. The van der Waals surface area contributed by atoms with Crippen LogP contribution in [0.1, 0.15) is 97.5 Å². The highest BCUT2D eigenvalue weighted by atomic mass is 35.5. The highest BCUT2D eigenvalue weighted by Gasteiger charge is 2.51. The molecular formula is C39H63ClN10O6. The zero-order valence-electron chi connectivity index (χ0n) is 32.6. The van der Waals surface area contributed by atoms with E-state index < -0.39 is 48.0 Å². The number of fused-ring (bicyclic) bond motifs is 1. The summed E-state index contributed by atoms with van der Waals surface area (Å²) in [7, 11) is 0. The largest absolute Gasteiger partial charge is 0.396 e. The third kappa shape index (κ3) is 12.4. The number of carbonyl (C=O) groups is 2. The first-order valence-electron chi connectivity index (χ1n) is 20.1. The molecule has 2 amide bonds. The summed E-state index contributed by atoms with van der Waals surface area (Å²) in [5.74, 6) is -2.49. The van der Waals surface area contributed by atoms with E-state index in [0.29, 0.717) is 32.6 Å². The van der Waals surface area contributed by atoms with E-state index >= 15 is 0 Å². The normalized spacial score (nSPS) is 20.7. The van der Waals surface area contributed by atoms with Gasteiger partial charge in [-0.1, -0.05) is 49.9 Å². The lowest BCUT2D eigenvalue weighted by Crippen LogP contribution is -2.62. The monoisotopic (exact) mass is 802 g/mol. The molecule has 16 nitrogen and oxygen atoms in total. The number of aryl methyl sites for hydroxylation is 1. The second-order valence-electron chi connectivity index (χ2n) is 15.2. The first-order valence-corrected chi connectivity index (χ1v) is 20.5. The van der Waals surface area contributed by atoms with Crippen LogP contribution in [0.4, 0.5) is 11.6 Å². The van der Waals surface area contributed by atoms with Crippen LogP contribution < -0.4 is 33.6 Å². The smallest absolute Gasteiger partial charge is 0.280 e. The van der Waals surface area contributed by atoms with Gasteiger partial charge in [-0.15, -0.1) is 0 Å². The van der Waals surface area contributed by atoms with Crippen LogP contribution in [0.2, 0.25) is 5.15 Å². The number of primary amides is 1. The molecular weight excluding hydrogens is 740 g/mol. The van der Waals surface area contributed by atoms with Crippen molar-refractivity contribution in [3.05, 3.63) is 45.2 Å². The highest BCUT2D eigenvalue weighted by molar-refractivity contribution is 6.31. The third-order valence-electron chi connectivity index (χ3n) is 11.1. The van der Waals surface area contributed by atoms with Gasteiger partial charge in [0.1, 0.15) is 0 Å². The van der Waals surface area contributed by atoms with Crippen molar-refractivity contribution in [1.82, 2.24) is 25.5 Å². The van der Waals surface area contributed by atoms with Gasteiger partial charge in [0.2, 0.25) is 5.91 Å². The first-order chi connectivity index (χ1) is 26.9. The third-order valence-corrected chi connectivity index (χ3v) is 11.4. The van der Waals surface area contributed by atoms with Gasteiger partial charge >= 0.3 is 0 Å². The van der Waals surface area contributed by atoms with Gasteiger partial charge < -0.3 is 53.6 Å². The summed E-state index contributed by atoms with van der Waals surface area (Å²) < 4.78 is 0. The summed E-state index contributed by atoms with van der Waals surface area (Å²) in [6.45, 7) is 4.65. The lowest BCUT2D eigenvalue weighted by atomic mass is 9.66. The van der Waals surface area contributed by atoms with Gasteiger partial charge in [0, 0.05) is 31.5 Å². The molecule has 2 aliphatic carbocycles. The number of nitrogen functional groups attached to an aromatic ring is 2. The van der Waals surface area contributed by atoms with Crippen LogP contribution in [0.25, 0.3) is 0 Å². The van der Waals surface area contributed by atoms with Crippen LogP contribution in [0.5, 0.6) is 0 Å². The number of aliphatic hydroxyl groups is 4. The van der Waals surface area contributed by atoms with E-state index in [1.54, 1.807) is 0 Å². The molecule has 0 aliphatic heterocycles. The second kappa shape index (κ2) is 22.3. The van der Waals surface area contributed by atoms with Gasteiger partial charge in [0.25, 0.3) is 5.91 Å². The average Bonchev–Trinajstić information content (AvgIpc) is 3.17. The number of nitrogens with two attached hydrogens (primary N) is 4. The Balaban J connectivity index is 1.28. The van der Waals surface area contributed by atoms with E-state index in [0.717, 1.165) is 89.2 Å². The van der Waals surface area contributed by atoms with Gasteiger partial charge in [-0.2, -0.15) is 0 Å². The fourth-order valence-corrected chi connectivity index (χ4v) is 8.09. The molecule has 1 saturated carbocycles. The number of guanidine groups is 1. The summed E-state index contributed by atoms with van der Waals surface area (Å²) >= 11 is 5.87. The molecule has 56 heavy (non-hydrogen) atoms. The molecule has 2 aliphatic rings. The van der Waals surface area contributed by atoms with Crippen molar-refractivity contribution in [2.75, 3.05) is 50.8 Å². The molecule has 0 bridgehead atoms. The maximum Gasteiger partial charge on any atom is 0.280 e. The van der Waals surface area contributed by atoms with E-state index in [1.165, 1.54) is 16.7 Å². The van der Waals surface area contributed by atoms with Crippen molar-refractivity contribution in [3.8, 4) is 0 Å². The van der Waals surface area contributed by atoms with Crippen molar-refractivity contribution in [2.24, 2.45) is 28.3 Å². The standard InChI is InChI=1S/C39H63ClN10O6/c1-2-3-4-9-18-50(21-29(52)30-27(22-51)32(53)33(30)54)19-10-17-45-28(37(43)55)20-24-15-14-23(25-12-5-6-13-26(24)25)11-7-8-16-46-39(44)49-38(56)31-35(41)48-36(42)34(40)47-31/h14-15,27-30,32-33,45,51-54H,2-13,16-22H2,1H3,(H2,43,55)(H4,41,42,48)(H3,44,46,49,56)/t27-,28-,29-,30?,32+,33+/m0/s1. The molecule has 0 saturated heterocycles. The minimum Gasteiger partial charge on any atom is -0.396 e. The number of hydrogen-bond acceptors (Lipinski definition) is 13. The maximum absolute atomic E-state index is 12.7. The molecule has 312 valence electrons. The Kier molecular flexibility index (Phi) is 18.0. The number of unbranched alkanes of at least 4 members (excludes halogenated alkanes) is 4. The van der Waals surface area contributed by atoms with Crippen LogP contribution in [-0.4, -0.2) is 117 Å². The number of benzene rings is 1. The van der Waals surface area contributed by atoms with E-state index in [9.17, 15) is 30.0 Å². The van der Waals surface area contributed by atoms with Crippen LogP contribution in [-0.2, 0) is 30.5 Å². The fourth-order valence-electron chi connectivity index (χ4n) is 7.97. The first kappa shape index (κ1) is 45.1. The number of nitrogens with one attached hydrogen (secondary N) is 2. The summed E-state index contributed by atoms with van der Waals surface area (Å²) in [5, 5.41) is 46.6. The number of aliphatic hydroxyl groups excluding tert-OH is 4. The van der Waals surface area contributed by atoms with Crippen molar-refractivity contribution < 1.29 is 30.0 Å². The van der Waals surface area contributed by atoms with Crippen LogP contribution in [0.15, 0.2) is 17.1 Å². The zero-order valence-corrected chi connectivity index (χ0v) is 33.4. The Hall–Kier alpha value is -3.64. The Morgan fingerprint density at radius 2 is 1.66 bits per heavy atom. The summed E-state index contributed by atoms with van der Waals surface area (Å²) in [5.41, 5.74) is 28.1. The van der Waals surface area contributed by atoms with E-state index in [1.807, 2.05) is 0 Å².